The average molecular weight is 307 g/mol. The molecule has 1 atom stereocenters. The first-order chi connectivity index (χ1) is 10.6. The van der Waals surface area contributed by atoms with Gasteiger partial charge in [0.15, 0.2) is 5.82 Å². The summed E-state index contributed by atoms with van der Waals surface area (Å²) in [4.78, 5) is 12.4. The van der Waals surface area contributed by atoms with E-state index < -0.39 is 13.0 Å². The fourth-order valence-electron chi connectivity index (χ4n) is 2.50. The lowest BCUT2D eigenvalue weighted by atomic mass is 9.92. The van der Waals surface area contributed by atoms with Gasteiger partial charge < -0.3 is 10.1 Å². The molecule has 5 nitrogen and oxygen atoms in total. The van der Waals surface area contributed by atoms with Gasteiger partial charge in [-0.3, -0.25) is 9.48 Å². The van der Waals surface area contributed by atoms with Crippen molar-refractivity contribution < 1.29 is 18.3 Å². The molecule has 1 N–H and O–H groups in total. The van der Waals surface area contributed by atoms with Gasteiger partial charge in [0.2, 0.25) is 5.91 Å². The van der Waals surface area contributed by atoms with Crippen LogP contribution in [-0.2, 0) is 11.3 Å². The molecule has 0 spiro atoms. The van der Waals surface area contributed by atoms with Gasteiger partial charge in [0.1, 0.15) is 12.3 Å². The number of amides is 1. The lowest BCUT2D eigenvalue weighted by Gasteiger charge is -2.24. The van der Waals surface area contributed by atoms with Gasteiger partial charge in [-0.1, -0.05) is 18.2 Å². The Hall–Kier alpha value is -2.44. The van der Waals surface area contributed by atoms with Crippen LogP contribution in [0.3, 0.4) is 0 Å². The number of ether oxygens (including phenoxy) is 1. The van der Waals surface area contributed by atoms with E-state index in [-0.39, 0.29) is 17.6 Å². The van der Waals surface area contributed by atoms with E-state index in [4.69, 9.17) is 4.74 Å². The Labute approximate surface area is 125 Å². The minimum Gasteiger partial charge on any atom is -0.493 e. The first-order valence-corrected chi connectivity index (χ1v) is 6.97. The monoisotopic (exact) mass is 307 g/mol. The van der Waals surface area contributed by atoms with Crippen LogP contribution < -0.4 is 10.1 Å². The summed E-state index contributed by atoms with van der Waals surface area (Å²) in [6.07, 6.45) is -0.494. The van der Waals surface area contributed by atoms with E-state index in [1.54, 1.807) is 0 Å². The number of nitrogens with zero attached hydrogens (tertiary/aromatic N) is 2. The van der Waals surface area contributed by atoms with E-state index in [9.17, 15) is 13.6 Å². The second-order valence-corrected chi connectivity index (χ2v) is 5.03. The normalized spacial score (nSPS) is 17.0. The molecule has 0 fully saturated rings. The largest absolute Gasteiger partial charge is 0.493 e. The molecule has 116 valence electrons. The number of hydrogen-bond acceptors (Lipinski definition) is 3. The maximum absolute atomic E-state index is 12.4. The Bertz CT molecular complexity index is 672. The van der Waals surface area contributed by atoms with Gasteiger partial charge in [-0.25, -0.2) is 8.78 Å². The number of alkyl halides is 2. The van der Waals surface area contributed by atoms with Gasteiger partial charge in [0, 0.05) is 17.8 Å². The zero-order valence-electron chi connectivity index (χ0n) is 11.7. The van der Waals surface area contributed by atoms with E-state index >= 15 is 0 Å². The molecule has 0 bridgehead atoms. The van der Waals surface area contributed by atoms with Crippen LogP contribution in [0.4, 0.5) is 14.6 Å². The van der Waals surface area contributed by atoms with Gasteiger partial charge in [-0.05, 0) is 12.5 Å². The summed E-state index contributed by atoms with van der Waals surface area (Å²) in [6, 6.07) is 8.89. The summed E-state index contributed by atoms with van der Waals surface area (Å²) in [5, 5.41) is 6.59. The van der Waals surface area contributed by atoms with Gasteiger partial charge in [0.25, 0.3) is 6.43 Å². The first-order valence-electron chi connectivity index (χ1n) is 6.97. The summed E-state index contributed by atoms with van der Waals surface area (Å²) >= 11 is 0. The molecule has 22 heavy (non-hydrogen) atoms. The number of anilines is 1. The molecule has 7 heteroatoms. The quantitative estimate of drug-likeness (QED) is 0.945. The van der Waals surface area contributed by atoms with Crippen molar-refractivity contribution in [2.24, 2.45) is 0 Å². The van der Waals surface area contributed by atoms with Crippen LogP contribution in [0.15, 0.2) is 36.5 Å². The summed E-state index contributed by atoms with van der Waals surface area (Å²) in [5.74, 6) is 0.440. The number of nitrogens with one attached hydrogen (secondary N) is 1. The highest BCUT2D eigenvalue weighted by molar-refractivity contribution is 5.95. The first kappa shape index (κ1) is 14.5. The SMILES string of the molecule is O=C(Nc1ccn(CC(F)F)n1)C1CCOc2ccccc21. The van der Waals surface area contributed by atoms with Gasteiger partial charge in [0.05, 0.1) is 12.5 Å². The van der Waals surface area contributed by atoms with Crippen molar-refractivity contribution in [2.45, 2.75) is 25.3 Å². The number of halogens is 2. The van der Waals surface area contributed by atoms with Crippen molar-refractivity contribution in [1.29, 1.82) is 0 Å². The topological polar surface area (TPSA) is 56.2 Å². The molecule has 1 amide bonds. The highest BCUT2D eigenvalue weighted by atomic mass is 19.3. The Morgan fingerprint density at radius 1 is 1.41 bits per heavy atom. The second-order valence-electron chi connectivity index (χ2n) is 5.03. The molecular weight excluding hydrogens is 292 g/mol. The molecule has 2 heterocycles. The molecule has 0 saturated heterocycles. The number of rotatable bonds is 4. The van der Waals surface area contributed by atoms with Crippen LogP contribution in [0.25, 0.3) is 0 Å². The van der Waals surface area contributed by atoms with Crippen LogP contribution in [-0.4, -0.2) is 28.7 Å². The van der Waals surface area contributed by atoms with E-state index in [0.717, 1.165) is 10.2 Å². The standard InChI is InChI=1S/C15H15F2N3O2/c16-13(17)9-20-7-5-14(19-20)18-15(21)11-6-8-22-12-4-2-1-3-10(11)12/h1-5,7,11,13H,6,8-9H2,(H,18,19,21). The lowest BCUT2D eigenvalue weighted by Crippen LogP contribution is -2.26. The molecular formula is C15H15F2N3O2. The second kappa shape index (κ2) is 6.13. The molecule has 0 aliphatic carbocycles. The molecule has 1 aromatic heterocycles. The van der Waals surface area contributed by atoms with Crippen LogP contribution in [0.2, 0.25) is 0 Å². The number of hydrogen-bond donors (Lipinski definition) is 1. The van der Waals surface area contributed by atoms with Crippen LogP contribution in [0.1, 0.15) is 17.9 Å². The number of carbonyl (C=O) groups excluding carboxylic acids is 1. The zero-order valence-corrected chi connectivity index (χ0v) is 11.7. The van der Waals surface area contributed by atoms with E-state index in [0.29, 0.717) is 18.8 Å². The Kier molecular flexibility index (Phi) is 4.04. The predicted octanol–water partition coefficient (Wildman–Crippen LogP) is 2.65. The summed E-state index contributed by atoms with van der Waals surface area (Å²) < 4.78 is 31.2. The number of para-hydroxylation sites is 1. The fourth-order valence-corrected chi connectivity index (χ4v) is 2.50. The molecule has 0 saturated carbocycles. The maximum atomic E-state index is 12.4. The third-order valence-electron chi connectivity index (χ3n) is 3.49. The number of aromatic nitrogens is 2. The maximum Gasteiger partial charge on any atom is 0.257 e. The zero-order chi connectivity index (χ0) is 15.5. The lowest BCUT2D eigenvalue weighted by molar-refractivity contribution is -0.118. The van der Waals surface area contributed by atoms with Crippen molar-refractivity contribution in [1.82, 2.24) is 9.78 Å². The average Bonchev–Trinajstić information content (AvgIpc) is 2.92. The number of benzene rings is 1. The molecule has 1 aliphatic heterocycles. The van der Waals surface area contributed by atoms with Crippen molar-refractivity contribution in [3.8, 4) is 5.75 Å². The summed E-state index contributed by atoms with van der Waals surface area (Å²) in [5.41, 5.74) is 0.832. The molecule has 1 unspecified atom stereocenters. The third-order valence-corrected chi connectivity index (χ3v) is 3.49. The molecule has 0 radical (unpaired) electrons. The minimum absolute atomic E-state index is 0.210. The molecule has 1 aliphatic rings. The predicted molar refractivity (Wildman–Crippen MR) is 76.2 cm³/mol. The highest BCUT2D eigenvalue weighted by Gasteiger charge is 2.27. The van der Waals surface area contributed by atoms with Gasteiger partial charge in [-0.2, -0.15) is 5.10 Å². The summed E-state index contributed by atoms with van der Waals surface area (Å²) in [6.45, 7) is -0.0229. The van der Waals surface area contributed by atoms with Gasteiger partial charge >= 0.3 is 0 Å². The van der Waals surface area contributed by atoms with Crippen LogP contribution in [0.5, 0.6) is 5.75 Å². The highest BCUT2D eigenvalue weighted by Crippen LogP contribution is 2.33. The number of carbonyl (C=O) groups is 1. The minimum atomic E-state index is -2.48. The Morgan fingerprint density at radius 3 is 3.05 bits per heavy atom. The fraction of sp³-hybridized carbons (Fsp3) is 0.333. The Balaban J connectivity index is 1.71. The Morgan fingerprint density at radius 2 is 2.23 bits per heavy atom. The molecule has 1 aromatic carbocycles. The molecule has 3 rings (SSSR count). The summed E-state index contributed by atoms with van der Waals surface area (Å²) in [7, 11) is 0. The third kappa shape index (κ3) is 3.08. The van der Waals surface area contributed by atoms with Crippen molar-refractivity contribution in [3.05, 3.63) is 42.1 Å². The smallest absolute Gasteiger partial charge is 0.257 e. The molecule has 2 aromatic rings. The van der Waals surface area contributed by atoms with Crippen molar-refractivity contribution >= 4 is 11.7 Å². The van der Waals surface area contributed by atoms with E-state index in [2.05, 4.69) is 10.4 Å². The number of fused-ring (bicyclic) bond motifs is 1. The van der Waals surface area contributed by atoms with E-state index in [1.807, 2.05) is 24.3 Å². The van der Waals surface area contributed by atoms with Crippen molar-refractivity contribution in [3.63, 3.8) is 0 Å². The van der Waals surface area contributed by atoms with Crippen molar-refractivity contribution in [2.75, 3.05) is 11.9 Å². The van der Waals surface area contributed by atoms with E-state index in [1.165, 1.54) is 12.3 Å². The van der Waals surface area contributed by atoms with Gasteiger partial charge in [-0.15, -0.1) is 0 Å². The van der Waals surface area contributed by atoms with Crippen LogP contribution in [0, 0.1) is 0 Å². The van der Waals surface area contributed by atoms with Crippen LogP contribution >= 0.6 is 0 Å².